The number of hydrogen-bond acceptors (Lipinski definition) is 11. The summed E-state index contributed by atoms with van der Waals surface area (Å²) in [5, 5.41) is 0. The Kier molecular flexibility index (Phi) is 15.9. The standard InChI is InChI=1S/C65H90O11P2/c1-57(2,3)33-61(13,14)41-21-25-49-45(29-41)53(55(66)73-49)47-31-43(63(17,18)35-59(7,8)9)23-27-51(47)75-77-69-37-65(38-70-77)39-71-78(68,72-40-65)76-52-28-24-44(64(19,20)36-60(10,11)12)32-48(52)54-46-30-42(22-26-50(46)74-56(54)67)62(15,16)34-58(4,5)6/h21-32,53-54H,33-40H2,1-20H3. The Bertz CT molecular complexity index is 2950. The Morgan fingerprint density at radius 1 is 0.462 bits per heavy atom. The van der Waals surface area contributed by atoms with Crippen LogP contribution in [0.15, 0.2) is 72.8 Å². The summed E-state index contributed by atoms with van der Waals surface area (Å²) in [6.07, 6.45) is 3.64. The molecule has 0 aromatic heterocycles. The molecule has 11 nitrogen and oxygen atoms in total. The topological polar surface area (TPSA) is 125 Å². The Labute approximate surface area is 468 Å². The minimum Gasteiger partial charge on any atom is -0.426 e. The van der Waals surface area contributed by atoms with E-state index in [9.17, 15) is 14.2 Å². The average molecular weight is 1110 g/mol. The van der Waals surface area contributed by atoms with E-state index in [0.29, 0.717) is 28.4 Å². The number of ether oxygens (including phenoxy) is 2. The van der Waals surface area contributed by atoms with E-state index in [2.05, 4.69) is 169 Å². The zero-order chi connectivity index (χ0) is 57.6. The summed E-state index contributed by atoms with van der Waals surface area (Å²) in [7, 11) is -6.22. The van der Waals surface area contributed by atoms with Crippen molar-refractivity contribution < 1.29 is 50.8 Å². The normalized spacial score (nSPS) is 23.5. The van der Waals surface area contributed by atoms with Gasteiger partial charge in [-0.05, 0) is 116 Å². The number of rotatable bonds is 14. The summed E-state index contributed by atoms with van der Waals surface area (Å²) in [6, 6.07) is 24.0. The number of esters is 2. The van der Waals surface area contributed by atoms with Crippen molar-refractivity contribution in [1.29, 1.82) is 0 Å². The van der Waals surface area contributed by atoms with Gasteiger partial charge in [-0.2, -0.15) is 0 Å². The van der Waals surface area contributed by atoms with Gasteiger partial charge in [-0.25, -0.2) is 4.57 Å². The van der Waals surface area contributed by atoms with Crippen molar-refractivity contribution in [2.45, 2.75) is 198 Å². The SMILES string of the molecule is CC(C)(C)CC(C)(C)c1ccc2c(c1)C(c1cc(C(C)(C)CC(C)(C)C)ccc1OP1OCC3(CO1)COP(=O)(Oc1ccc(C(C)(C)CC(C)(C)C)cc1C1C(=O)Oc4ccc(C(C)(C)CC(C)(C)C)cc41)OC3)C(=O)O2. The van der Waals surface area contributed by atoms with Crippen molar-refractivity contribution in [2.24, 2.45) is 27.1 Å². The predicted molar refractivity (Wildman–Crippen MR) is 311 cm³/mol. The number of carbonyl (C=O) groups excluding carboxylic acids is 2. The van der Waals surface area contributed by atoms with Crippen molar-refractivity contribution in [3.8, 4) is 23.0 Å². The van der Waals surface area contributed by atoms with Crippen molar-refractivity contribution in [3.63, 3.8) is 0 Å². The van der Waals surface area contributed by atoms with Crippen LogP contribution in [0, 0.1) is 27.1 Å². The third-order valence-corrected chi connectivity index (χ3v) is 17.9. The highest BCUT2D eigenvalue weighted by Gasteiger charge is 2.50. The van der Waals surface area contributed by atoms with Crippen LogP contribution in [0.3, 0.4) is 0 Å². The molecule has 4 aromatic rings. The average Bonchev–Trinajstić information content (AvgIpc) is 3.83. The van der Waals surface area contributed by atoms with Gasteiger partial charge in [0.25, 0.3) is 0 Å². The molecule has 0 radical (unpaired) electrons. The second-order valence-electron chi connectivity index (χ2n) is 30.7. The Balaban J connectivity index is 1.03. The van der Waals surface area contributed by atoms with E-state index in [1.807, 2.05) is 36.4 Å². The fourth-order valence-electron chi connectivity index (χ4n) is 13.5. The highest BCUT2D eigenvalue weighted by atomic mass is 31.2. The number of carbonyl (C=O) groups is 2. The smallest absolute Gasteiger partial charge is 0.426 e. The molecule has 8 rings (SSSR count). The zero-order valence-corrected chi connectivity index (χ0v) is 52.4. The van der Waals surface area contributed by atoms with Crippen LogP contribution in [-0.2, 0) is 53.9 Å². The van der Waals surface area contributed by atoms with Gasteiger partial charge in [0.1, 0.15) is 34.8 Å². The minimum absolute atomic E-state index is 0.0136. The number of phosphoric ester groups is 1. The largest absolute Gasteiger partial charge is 0.530 e. The van der Waals surface area contributed by atoms with Crippen molar-refractivity contribution in [2.75, 3.05) is 26.4 Å². The second-order valence-corrected chi connectivity index (χ2v) is 33.4. The van der Waals surface area contributed by atoms with Crippen molar-refractivity contribution >= 4 is 28.4 Å². The molecule has 4 heterocycles. The monoisotopic (exact) mass is 1110 g/mol. The first-order valence-electron chi connectivity index (χ1n) is 28.0. The predicted octanol–water partition coefficient (Wildman–Crippen LogP) is 17.5. The third-order valence-electron chi connectivity index (χ3n) is 15.6. The maximum atomic E-state index is 14.7. The fraction of sp³-hybridized carbons (Fsp3) is 0.600. The van der Waals surface area contributed by atoms with Gasteiger partial charge >= 0.3 is 28.4 Å². The van der Waals surface area contributed by atoms with E-state index >= 15 is 0 Å². The second kappa shape index (κ2) is 20.7. The van der Waals surface area contributed by atoms with E-state index in [4.69, 9.17) is 36.6 Å². The lowest BCUT2D eigenvalue weighted by atomic mass is 9.71. The lowest BCUT2D eigenvalue weighted by Crippen LogP contribution is -2.45. The molecule has 4 aliphatic heterocycles. The first kappa shape index (κ1) is 60.0. The molecule has 4 aromatic carbocycles. The van der Waals surface area contributed by atoms with Crippen LogP contribution in [-0.4, -0.2) is 38.4 Å². The van der Waals surface area contributed by atoms with Gasteiger partial charge in [-0.3, -0.25) is 18.6 Å². The van der Waals surface area contributed by atoms with Gasteiger partial charge in [-0.15, -0.1) is 0 Å². The first-order chi connectivity index (χ1) is 35.7. The quantitative estimate of drug-likeness (QED) is 0.0681. The lowest BCUT2D eigenvalue weighted by Gasteiger charge is -2.41. The Morgan fingerprint density at radius 3 is 1.14 bits per heavy atom. The summed E-state index contributed by atoms with van der Waals surface area (Å²) >= 11 is 0. The highest BCUT2D eigenvalue weighted by molar-refractivity contribution is 7.49. The fourth-order valence-corrected chi connectivity index (χ4v) is 16.2. The molecule has 2 saturated heterocycles. The zero-order valence-electron chi connectivity index (χ0n) is 50.6. The molecule has 78 heavy (non-hydrogen) atoms. The molecule has 0 amide bonds. The van der Waals surface area contributed by atoms with E-state index < -0.39 is 39.6 Å². The maximum absolute atomic E-state index is 14.7. The van der Waals surface area contributed by atoms with Crippen LogP contribution >= 0.6 is 16.4 Å². The van der Waals surface area contributed by atoms with E-state index in [1.165, 1.54) is 0 Å². The van der Waals surface area contributed by atoms with E-state index in [-0.39, 0.29) is 81.5 Å². The number of fused-ring (bicyclic) bond motifs is 2. The summed E-state index contributed by atoms with van der Waals surface area (Å²) < 4.78 is 64.7. The van der Waals surface area contributed by atoms with Crippen molar-refractivity contribution in [1.82, 2.24) is 0 Å². The highest BCUT2D eigenvalue weighted by Crippen LogP contribution is 2.60. The Hall–Kier alpha value is -4.08. The molecule has 0 bridgehead atoms. The van der Waals surface area contributed by atoms with Gasteiger partial charge in [0.2, 0.25) is 0 Å². The van der Waals surface area contributed by atoms with E-state index in [1.54, 1.807) is 6.07 Å². The van der Waals surface area contributed by atoms with Crippen LogP contribution in [0.1, 0.15) is 221 Å². The lowest BCUT2D eigenvalue weighted by molar-refractivity contribution is -0.134. The summed E-state index contributed by atoms with van der Waals surface area (Å²) in [5.74, 6) is -0.661. The Morgan fingerprint density at radius 2 is 0.782 bits per heavy atom. The first-order valence-corrected chi connectivity index (χ1v) is 30.5. The van der Waals surface area contributed by atoms with Crippen LogP contribution in [0.5, 0.6) is 23.0 Å². The molecular weight excluding hydrogens is 1020 g/mol. The van der Waals surface area contributed by atoms with Gasteiger partial charge in [0, 0.05) is 22.3 Å². The molecule has 13 heteroatoms. The van der Waals surface area contributed by atoms with E-state index in [0.717, 1.165) is 59.1 Å². The van der Waals surface area contributed by atoms with Crippen molar-refractivity contribution in [3.05, 3.63) is 117 Å². The molecule has 1 spiro atoms. The summed E-state index contributed by atoms with van der Waals surface area (Å²) in [4.78, 5) is 28.3. The van der Waals surface area contributed by atoms with Gasteiger partial charge in [-0.1, -0.05) is 187 Å². The molecule has 2 unspecified atom stereocenters. The van der Waals surface area contributed by atoms with Gasteiger partial charge in [0.05, 0.1) is 31.8 Å². The summed E-state index contributed by atoms with van der Waals surface area (Å²) in [6.45, 7) is 44.8. The molecule has 4 aliphatic rings. The maximum Gasteiger partial charge on any atom is 0.530 e. The number of phosphoric acid groups is 1. The van der Waals surface area contributed by atoms with Crippen LogP contribution in [0.2, 0.25) is 0 Å². The molecular formula is C65H90O11P2. The molecule has 426 valence electrons. The summed E-state index contributed by atoms with van der Waals surface area (Å²) in [5.41, 5.74) is 5.56. The third kappa shape index (κ3) is 13.6. The minimum atomic E-state index is -4.26. The number of hydrogen-bond donors (Lipinski definition) is 0. The molecule has 2 fully saturated rings. The number of benzene rings is 4. The van der Waals surface area contributed by atoms with Crippen LogP contribution < -0.4 is 18.5 Å². The van der Waals surface area contributed by atoms with Crippen LogP contribution in [0.25, 0.3) is 0 Å². The molecule has 0 aliphatic carbocycles. The molecule has 0 N–H and O–H groups in total. The van der Waals surface area contributed by atoms with Crippen LogP contribution in [0.4, 0.5) is 0 Å². The van der Waals surface area contributed by atoms with Gasteiger partial charge in [0.15, 0.2) is 0 Å². The molecule has 0 saturated carbocycles. The molecule has 2 atom stereocenters. The van der Waals surface area contributed by atoms with Gasteiger partial charge < -0.3 is 27.6 Å².